The molecule has 1 aliphatic rings. The molecule has 1 aliphatic heterocycles. The van der Waals surface area contributed by atoms with Gasteiger partial charge in [-0.1, -0.05) is 43.3 Å². The zero-order chi connectivity index (χ0) is 18.6. The largest absolute Gasteiger partial charge is 0.392 e. The van der Waals surface area contributed by atoms with E-state index >= 15 is 0 Å². The van der Waals surface area contributed by atoms with Crippen molar-refractivity contribution in [2.75, 3.05) is 19.6 Å². The van der Waals surface area contributed by atoms with Gasteiger partial charge in [0.15, 0.2) is 0 Å². The Hall–Kier alpha value is -1.47. The summed E-state index contributed by atoms with van der Waals surface area (Å²) in [4.78, 5) is 2.66. The van der Waals surface area contributed by atoms with Crippen LogP contribution in [0.4, 0.5) is 0 Å². The summed E-state index contributed by atoms with van der Waals surface area (Å²) in [5, 5.41) is 11.8. The van der Waals surface area contributed by atoms with E-state index in [1.165, 1.54) is 12.8 Å². The summed E-state index contributed by atoms with van der Waals surface area (Å²) in [7, 11) is -3.66. The number of fused-ring (bicyclic) bond motifs is 1. The smallest absolute Gasteiger partial charge is 0.241 e. The molecule has 0 bridgehead atoms. The minimum Gasteiger partial charge on any atom is -0.392 e. The number of aliphatic hydroxyl groups excluding tert-OH is 1. The average molecular weight is 377 g/mol. The zero-order valence-electron chi connectivity index (χ0n) is 15.3. The summed E-state index contributed by atoms with van der Waals surface area (Å²) in [6, 6.07) is 13.3. The van der Waals surface area contributed by atoms with Gasteiger partial charge in [0.05, 0.1) is 11.0 Å². The number of hydrogen-bond donors (Lipinski definition) is 2. The Labute approximate surface area is 156 Å². The van der Waals surface area contributed by atoms with Crippen LogP contribution in [0, 0.1) is 0 Å². The standard InChI is InChI=1S/C20H28N2O3S/c1-2-17-9-6-13-22(17)14-12-18(23)15-21-26(24,25)20-11-5-8-16-7-3-4-10-19(16)20/h3-5,7-8,10-11,17-18,21,23H,2,6,9,12-15H2,1H3/t17?,18-/m1/s1. The number of nitrogens with one attached hydrogen (secondary N) is 1. The van der Waals surface area contributed by atoms with Crippen LogP contribution in [0.5, 0.6) is 0 Å². The van der Waals surface area contributed by atoms with Crippen molar-refractivity contribution in [3.63, 3.8) is 0 Å². The van der Waals surface area contributed by atoms with Gasteiger partial charge < -0.3 is 10.0 Å². The molecule has 1 unspecified atom stereocenters. The molecular formula is C20H28N2O3S. The van der Waals surface area contributed by atoms with Crippen LogP contribution in [0.15, 0.2) is 47.4 Å². The van der Waals surface area contributed by atoms with E-state index in [1.807, 2.05) is 24.3 Å². The Morgan fingerprint density at radius 1 is 1.23 bits per heavy atom. The monoisotopic (exact) mass is 376 g/mol. The van der Waals surface area contributed by atoms with Crippen molar-refractivity contribution < 1.29 is 13.5 Å². The fourth-order valence-corrected chi connectivity index (χ4v) is 5.08. The van der Waals surface area contributed by atoms with Crippen LogP contribution < -0.4 is 4.72 Å². The van der Waals surface area contributed by atoms with Gasteiger partial charge in [0.25, 0.3) is 0 Å². The summed E-state index contributed by atoms with van der Waals surface area (Å²) < 4.78 is 27.9. The van der Waals surface area contributed by atoms with E-state index in [9.17, 15) is 13.5 Å². The number of hydrogen-bond acceptors (Lipinski definition) is 4. The van der Waals surface area contributed by atoms with Crippen LogP contribution >= 0.6 is 0 Å². The molecule has 0 amide bonds. The highest BCUT2D eigenvalue weighted by Gasteiger charge is 2.23. The Morgan fingerprint density at radius 3 is 2.81 bits per heavy atom. The van der Waals surface area contributed by atoms with E-state index < -0.39 is 16.1 Å². The molecule has 0 spiro atoms. The van der Waals surface area contributed by atoms with Crippen LogP contribution in [-0.2, 0) is 10.0 Å². The first-order valence-corrected chi connectivity index (χ1v) is 10.9. The number of benzene rings is 2. The Kier molecular flexibility index (Phi) is 6.29. The maximum absolute atomic E-state index is 12.7. The number of sulfonamides is 1. The van der Waals surface area contributed by atoms with E-state index in [0.29, 0.717) is 17.8 Å². The zero-order valence-corrected chi connectivity index (χ0v) is 16.1. The van der Waals surface area contributed by atoms with Crippen LogP contribution in [0.2, 0.25) is 0 Å². The molecule has 6 heteroatoms. The lowest BCUT2D eigenvalue weighted by Gasteiger charge is -2.24. The van der Waals surface area contributed by atoms with Crippen LogP contribution in [0.3, 0.4) is 0 Å². The van der Waals surface area contributed by atoms with Gasteiger partial charge in [-0.25, -0.2) is 13.1 Å². The molecule has 2 aromatic carbocycles. The number of nitrogens with zero attached hydrogens (tertiary/aromatic N) is 1. The molecule has 0 radical (unpaired) electrons. The molecule has 2 atom stereocenters. The summed E-state index contributed by atoms with van der Waals surface area (Å²) in [6.07, 6.45) is 3.46. The SMILES string of the molecule is CCC1CCCN1CC[C@@H](O)CNS(=O)(=O)c1cccc2ccccc12. The molecule has 2 aromatic rings. The van der Waals surface area contributed by atoms with E-state index in [0.717, 1.165) is 24.9 Å². The minimum absolute atomic E-state index is 0.0379. The summed E-state index contributed by atoms with van der Waals surface area (Å²) in [6.45, 7) is 4.12. The lowest BCUT2D eigenvalue weighted by Crippen LogP contribution is -2.36. The predicted molar refractivity (Wildman–Crippen MR) is 105 cm³/mol. The molecule has 26 heavy (non-hydrogen) atoms. The summed E-state index contributed by atoms with van der Waals surface area (Å²) in [5.41, 5.74) is 0. The Bertz CT molecular complexity index is 833. The molecule has 3 rings (SSSR count). The Morgan fingerprint density at radius 2 is 2.00 bits per heavy atom. The quantitative estimate of drug-likeness (QED) is 0.743. The van der Waals surface area contributed by atoms with Crippen molar-refractivity contribution in [3.8, 4) is 0 Å². The highest BCUT2D eigenvalue weighted by atomic mass is 32.2. The Balaban J connectivity index is 1.59. The van der Waals surface area contributed by atoms with Gasteiger partial charge in [0, 0.05) is 24.5 Å². The fourth-order valence-electron chi connectivity index (χ4n) is 3.78. The van der Waals surface area contributed by atoms with Gasteiger partial charge in [-0.2, -0.15) is 0 Å². The van der Waals surface area contributed by atoms with Gasteiger partial charge in [0.1, 0.15) is 0 Å². The molecule has 142 valence electrons. The van der Waals surface area contributed by atoms with Gasteiger partial charge in [-0.3, -0.25) is 0 Å². The van der Waals surface area contributed by atoms with Crippen molar-refractivity contribution in [1.82, 2.24) is 9.62 Å². The lowest BCUT2D eigenvalue weighted by molar-refractivity contribution is 0.138. The first kappa shape index (κ1) is 19.3. The average Bonchev–Trinajstić information content (AvgIpc) is 3.12. The normalized spacial score (nSPS) is 19.8. The number of aliphatic hydroxyl groups is 1. The van der Waals surface area contributed by atoms with Crippen LogP contribution in [0.1, 0.15) is 32.6 Å². The third kappa shape index (κ3) is 4.43. The number of rotatable bonds is 8. The van der Waals surface area contributed by atoms with Crippen molar-refractivity contribution in [3.05, 3.63) is 42.5 Å². The van der Waals surface area contributed by atoms with Gasteiger partial charge in [-0.05, 0) is 43.7 Å². The maximum atomic E-state index is 12.7. The van der Waals surface area contributed by atoms with E-state index in [2.05, 4.69) is 16.5 Å². The van der Waals surface area contributed by atoms with E-state index in [-0.39, 0.29) is 11.4 Å². The third-order valence-corrected chi connectivity index (χ3v) is 6.75. The second kappa shape index (κ2) is 8.48. The van der Waals surface area contributed by atoms with Gasteiger partial charge >= 0.3 is 0 Å². The topological polar surface area (TPSA) is 69.6 Å². The van der Waals surface area contributed by atoms with Crippen LogP contribution in [-0.4, -0.2) is 50.2 Å². The molecule has 0 saturated carbocycles. The van der Waals surface area contributed by atoms with Crippen molar-refractivity contribution in [2.45, 2.75) is 49.6 Å². The summed E-state index contributed by atoms with van der Waals surface area (Å²) >= 11 is 0. The van der Waals surface area contributed by atoms with E-state index in [4.69, 9.17) is 0 Å². The van der Waals surface area contributed by atoms with Crippen LogP contribution in [0.25, 0.3) is 10.8 Å². The summed E-state index contributed by atoms with van der Waals surface area (Å²) in [5.74, 6) is 0. The van der Waals surface area contributed by atoms with E-state index in [1.54, 1.807) is 18.2 Å². The van der Waals surface area contributed by atoms with Crippen molar-refractivity contribution in [2.24, 2.45) is 0 Å². The van der Waals surface area contributed by atoms with Crippen molar-refractivity contribution in [1.29, 1.82) is 0 Å². The molecule has 0 aliphatic carbocycles. The molecule has 2 N–H and O–H groups in total. The lowest BCUT2D eigenvalue weighted by atomic mass is 10.1. The van der Waals surface area contributed by atoms with Gasteiger partial charge in [-0.15, -0.1) is 0 Å². The first-order valence-electron chi connectivity index (χ1n) is 9.41. The minimum atomic E-state index is -3.66. The predicted octanol–water partition coefficient (Wildman–Crippen LogP) is 2.74. The molecular weight excluding hydrogens is 348 g/mol. The molecule has 1 saturated heterocycles. The maximum Gasteiger partial charge on any atom is 0.241 e. The molecule has 0 aromatic heterocycles. The second-order valence-corrected chi connectivity index (χ2v) is 8.75. The highest BCUT2D eigenvalue weighted by molar-refractivity contribution is 7.89. The fraction of sp³-hybridized carbons (Fsp3) is 0.500. The molecule has 1 fully saturated rings. The molecule has 5 nitrogen and oxygen atoms in total. The molecule has 1 heterocycles. The first-order chi connectivity index (χ1) is 12.5. The third-order valence-electron chi connectivity index (χ3n) is 5.27. The van der Waals surface area contributed by atoms with Gasteiger partial charge in [0.2, 0.25) is 10.0 Å². The van der Waals surface area contributed by atoms with Crippen molar-refractivity contribution >= 4 is 20.8 Å². The second-order valence-electron chi connectivity index (χ2n) is 7.01. The number of likely N-dealkylation sites (tertiary alicyclic amines) is 1. The highest BCUT2D eigenvalue weighted by Crippen LogP contribution is 2.23.